The maximum absolute atomic E-state index is 12.2. The molecule has 3 rings (SSSR count). The number of esters is 1. The SMILES string of the molecule is CCCCCCCCOc1ccc(/C=C2\N=C(c3ccc(OC)c(Br)c3)OC2=O)cc1. The number of nitrogens with zero attached hydrogens (tertiary/aromatic N) is 1. The summed E-state index contributed by atoms with van der Waals surface area (Å²) in [5.74, 6) is 1.34. The number of halogens is 1. The number of hydrogen-bond donors (Lipinski definition) is 0. The molecular formula is C25H28BrNO4. The predicted molar refractivity (Wildman–Crippen MR) is 127 cm³/mol. The van der Waals surface area contributed by atoms with Crippen LogP contribution < -0.4 is 9.47 Å². The number of carbonyl (C=O) groups excluding carboxylic acids is 1. The van der Waals surface area contributed by atoms with Gasteiger partial charge in [0, 0.05) is 5.56 Å². The largest absolute Gasteiger partial charge is 0.496 e. The van der Waals surface area contributed by atoms with Crippen LogP contribution in [-0.2, 0) is 9.53 Å². The number of methoxy groups -OCH3 is 1. The number of rotatable bonds is 11. The van der Waals surface area contributed by atoms with Crippen molar-refractivity contribution in [2.75, 3.05) is 13.7 Å². The highest BCUT2D eigenvalue weighted by Crippen LogP contribution is 2.28. The first kappa shape index (κ1) is 23.1. The summed E-state index contributed by atoms with van der Waals surface area (Å²) in [5.41, 5.74) is 1.82. The predicted octanol–water partition coefficient (Wildman–Crippen LogP) is 6.54. The highest BCUT2D eigenvalue weighted by Gasteiger charge is 2.24. The van der Waals surface area contributed by atoms with Crippen molar-refractivity contribution in [3.63, 3.8) is 0 Å². The molecule has 31 heavy (non-hydrogen) atoms. The molecule has 0 spiro atoms. The monoisotopic (exact) mass is 485 g/mol. The van der Waals surface area contributed by atoms with Crippen molar-refractivity contribution in [1.29, 1.82) is 0 Å². The van der Waals surface area contributed by atoms with E-state index in [1.165, 1.54) is 32.1 Å². The van der Waals surface area contributed by atoms with E-state index in [-0.39, 0.29) is 11.6 Å². The Bertz CT molecular complexity index is 950. The van der Waals surface area contributed by atoms with Gasteiger partial charge in [-0.1, -0.05) is 51.2 Å². The summed E-state index contributed by atoms with van der Waals surface area (Å²) < 4.78 is 17.1. The first-order valence-corrected chi connectivity index (χ1v) is 11.5. The molecule has 6 heteroatoms. The van der Waals surface area contributed by atoms with Gasteiger partial charge in [-0.25, -0.2) is 9.79 Å². The summed E-state index contributed by atoms with van der Waals surface area (Å²) in [6, 6.07) is 13.0. The molecule has 0 unspecified atom stereocenters. The Morgan fingerprint density at radius 1 is 1.03 bits per heavy atom. The molecule has 0 radical (unpaired) electrons. The highest BCUT2D eigenvalue weighted by atomic mass is 79.9. The fourth-order valence-corrected chi connectivity index (χ4v) is 3.76. The molecule has 1 aliphatic rings. The van der Waals surface area contributed by atoms with E-state index >= 15 is 0 Å². The molecule has 164 valence electrons. The van der Waals surface area contributed by atoms with Gasteiger partial charge in [0.15, 0.2) is 5.70 Å². The molecule has 1 aliphatic heterocycles. The molecule has 0 fully saturated rings. The van der Waals surface area contributed by atoms with E-state index in [0.717, 1.165) is 28.8 Å². The van der Waals surface area contributed by atoms with Crippen LogP contribution in [0.15, 0.2) is 57.6 Å². The fourth-order valence-electron chi connectivity index (χ4n) is 3.22. The van der Waals surface area contributed by atoms with E-state index in [0.29, 0.717) is 11.3 Å². The third kappa shape index (κ3) is 6.69. The topological polar surface area (TPSA) is 57.1 Å². The van der Waals surface area contributed by atoms with Crippen LogP contribution in [0.5, 0.6) is 11.5 Å². The highest BCUT2D eigenvalue weighted by molar-refractivity contribution is 9.10. The fraction of sp³-hybridized carbons (Fsp3) is 0.360. The second kappa shape index (κ2) is 11.7. The van der Waals surface area contributed by atoms with Gasteiger partial charge >= 0.3 is 5.97 Å². The lowest BCUT2D eigenvalue weighted by Gasteiger charge is -2.06. The van der Waals surface area contributed by atoms with Crippen LogP contribution in [0.25, 0.3) is 6.08 Å². The minimum Gasteiger partial charge on any atom is -0.496 e. The van der Waals surface area contributed by atoms with Gasteiger partial charge in [0.1, 0.15) is 11.5 Å². The Morgan fingerprint density at radius 2 is 1.77 bits per heavy atom. The normalized spacial score (nSPS) is 14.5. The first-order chi connectivity index (χ1) is 15.1. The minimum atomic E-state index is -0.467. The van der Waals surface area contributed by atoms with Crippen molar-refractivity contribution in [1.82, 2.24) is 0 Å². The van der Waals surface area contributed by atoms with E-state index in [4.69, 9.17) is 14.2 Å². The second-order valence-electron chi connectivity index (χ2n) is 7.37. The van der Waals surface area contributed by atoms with E-state index in [9.17, 15) is 4.79 Å². The zero-order valence-corrected chi connectivity index (χ0v) is 19.6. The lowest BCUT2D eigenvalue weighted by atomic mass is 10.1. The van der Waals surface area contributed by atoms with Gasteiger partial charge in [-0.05, 0) is 64.3 Å². The summed E-state index contributed by atoms with van der Waals surface area (Å²) >= 11 is 3.43. The Hall–Kier alpha value is -2.60. The summed E-state index contributed by atoms with van der Waals surface area (Å²) in [4.78, 5) is 16.6. The van der Waals surface area contributed by atoms with E-state index in [2.05, 4.69) is 27.8 Å². The van der Waals surface area contributed by atoms with E-state index in [1.807, 2.05) is 30.3 Å². The number of unbranched alkanes of at least 4 members (excludes halogenated alkanes) is 5. The van der Waals surface area contributed by atoms with Gasteiger partial charge in [-0.3, -0.25) is 0 Å². The van der Waals surface area contributed by atoms with E-state index in [1.54, 1.807) is 25.3 Å². The smallest absolute Gasteiger partial charge is 0.363 e. The number of aliphatic imine (C=N–C) groups is 1. The summed E-state index contributed by atoms with van der Waals surface area (Å²) in [5, 5.41) is 0. The summed E-state index contributed by atoms with van der Waals surface area (Å²) in [6.45, 7) is 2.95. The molecule has 0 amide bonds. The Kier molecular flexibility index (Phi) is 8.71. The molecule has 0 atom stereocenters. The van der Waals surface area contributed by atoms with Gasteiger partial charge in [-0.15, -0.1) is 0 Å². The zero-order chi connectivity index (χ0) is 22.1. The molecule has 0 saturated carbocycles. The maximum Gasteiger partial charge on any atom is 0.363 e. The average molecular weight is 486 g/mol. The van der Waals surface area contributed by atoms with Crippen LogP contribution in [-0.4, -0.2) is 25.6 Å². The third-order valence-electron chi connectivity index (χ3n) is 4.97. The van der Waals surface area contributed by atoms with Crippen molar-refractivity contribution >= 4 is 33.9 Å². The Labute approximate surface area is 192 Å². The number of hydrogen-bond acceptors (Lipinski definition) is 5. The van der Waals surface area contributed by atoms with Crippen LogP contribution in [0.1, 0.15) is 56.6 Å². The molecule has 0 aliphatic carbocycles. The van der Waals surface area contributed by atoms with Crippen LogP contribution in [0, 0.1) is 0 Å². The molecule has 2 aromatic carbocycles. The maximum atomic E-state index is 12.2. The quantitative estimate of drug-likeness (QED) is 0.206. The molecule has 1 heterocycles. The van der Waals surface area contributed by atoms with Crippen LogP contribution >= 0.6 is 15.9 Å². The summed E-state index contributed by atoms with van der Waals surface area (Å²) in [7, 11) is 1.60. The molecule has 0 saturated heterocycles. The zero-order valence-electron chi connectivity index (χ0n) is 18.0. The number of carbonyl (C=O) groups is 1. The van der Waals surface area contributed by atoms with Crippen LogP contribution in [0.3, 0.4) is 0 Å². The number of benzene rings is 2. The Morgan fingerprint density at radius 3 is 2.48 bits per heavy atom. The van der Waals surface area contributed by atoms with Gasteiger partial charge in [-0.2, -0.15) is 0 Å². The first-order valence-electron chi connectivity index (χ1n) is 10.7. The number of ether oxygens (including phenoxy) is 3. The average Bonchev–Trinajstić information content (AvgIpc) is 3.14. The minimum absolute atomic E-state index is 0.266. The Balaban J connectivity index is 1.57. The lowest BCUT2D eigenvalue weighted by molar-refractivity contribution is -0.129. The van der Waals surface area contributed by atoms with Crippen LogP contribution in [0.4, 0.5) is 0 Å². The second-order valence-corrected chi connectivity index (χ2v) is 8.22. The van der Waals surface area contributed by atoms with Gasteiger partial charge in [0.05, 0.1) is 18.2 Å². The molecule has 0 aromatic heterocycles. The van der Waals surface area contributed by atoms with E-state index < -0.39 is 5.97 Å². The molecule has 0 bridgehead atoms. The number of cyclic esters (lactones) is 1. The summed E-state index contributed by atoms with van der Waals surface area (Å²) in [6.07, 6.45) is 9.15. The van der Waals surface area contributed by atoms with Gasteiger partial charge < -0.3 is 14.2 Å². The van der Waals surface area contributed by atoms with Crippen molar-refractivity contribution in [3.05, 3.63) is 63.8 Å². The molecule has 2 aromatic rings. The molecule has 0 N–H and O–H groups in total. The molecular weight excluding hydrogens is 458 g/mol. The standard InChI is InChI=1S/C25H28BrNO4/c1-3-4-5-6-7-8-15-30-20-12-9-18(10-13-20)16-22-25(28)31-24(27-22)19-11-14-23(29-2)21(26)17-19/h9-14,16-17H,3-8,15H2,1-2H3/b22-16-. The molecule has 5 nitrogen and oxygen atoms in total. The lowest BCUT2D eigenvalue weighted by Crippen LogP contribution is -2.05. The van der Waals surface area contributed by atoms with Crippen molar-refractivity contribution in [2.45, 2.75) is 45.4 Å². The van der Waals surface area contributed by atoms with Crippen molar-refractivity contribution in [3.8, 4) is 11.5 Å². The van der Waals surface area contributed by atoms with Crippen molar-refractivity contribution in [2.24, 2.45) is 4.99 Å². The van der Waals surface area contributed by atoms with Gasteiger partial charge in [0.2, 0.25) is 5.90 Å². The van der Waals surface area contributed by atoms with Crippen molar-refractivity contribution < 1.29 is 19.0 Å². The van der Waals surface area contributed by atoms with Crippen LogP contribution in [0.2, 0.25) is 0 Å². The van der Waals surface area contributed by atoms with Gasteiger partial charge in [0.25, 0.3) is 0 Å². The third-order valence-corrected chi connectivity index (χ3v) is 5.59.